The van der Waals surface area contributed by atoms with E-state index in [4.69, 9.17) is 16.6 Å². The Balaban J connectivity index is 1.58. The molecule has 0 aliphatic heterocycles. The summed E-state index contributed by atoms with van der Waals surface area (Å²) in [5.41, 5.74) is 6.94. The standard InChI is InChI=1S/C24H22ClN3O/c1-16-6-11-20(15-17(16)2)26-23(29)13-12-21-24(18-7-9-19(25)10-8-18)27-22-5-3-4-14-28(21)22/h3-11,14-15H,12-13H2,1-2H3,(H,26,29). The van der Waals surface area contributed by atoms with Crippen LogP contribution in [0.5, 0.6) is 0 Å². The first kappa shape index (κ1) is 19.2. The molecule has 29 heavy (non-hydrogen) atoms. The van der Waals surface area contributed by atoms with Crippen molar-refractivity contribution in [1.82, 2.24) is 9.38 Å². The molecule has 0 spiro atoms. The van der Waals surface area contributed by atoms with Gasteiger partial charge in [-0.3, -0.25) is 4.79 Å². The fourth-order valence-corrected chi connectivity index (χ4v) is 3.52. The second-order valence-corrected chi connectivity index (χ2v) is 7.63. The summed E-state index contributed by atoms with van der Waals surface area (Å²) in [5, 5.41) is 3.69. The Morgan fingerprint density at radius 3 is 2.59 bits per heavy atom. The number of carbonyl (C=O) groups is 1. The molecule has 4 rings (SSSR count). The maximum Gasteiger partial charge on any atom is 0.224 e. The number of benzene rings is 2. The Bertz CT molecular complexity index is 1180. The van der Waals surface area contributed by atoms with E-state index in [1.807, 2.05) is 78.2 Å². The number of carbonyl (C=O) groups excluding carboxylic acids is 1. The summed E-state index contributed by atoms with van der Waals surface area (Å²) >= 11 is 6.04. The van der Waals surface area contributed by atoms with Gasteiger partial charge in [0.05, 0.1) is 11.4 Å². The number of aromatic nitrogens is 2. The number of imidazole rings is 1. The molecule has 4 aromatic rings. The average Bonchev–Trinajstić information content (AvgIpc) is 3.08. The lowest BCUT2D eigenvalue weighted by atomic mass is 10.1. The van der Waals surface area contributed by atoms with Crippen molar-refractivity contribution < 1.29 is 4.79 Å². The van der Waals surface area contributed by atoms with Crippen LogP contribution in [0.25, 0.3) is 16.9 Å². The molecule has 4 nitrogen and oxygen atoms in total. The molecule has 1 amide bonds. The van der Waals surface area contributed by atoms with Crippen LogP contribution < -0.4 is 5.32 Å². The number of anilines is 1. The van der Waals surface area contributed by atoms with Crippen molar-refractivity contribution in [1.29, 1.82) is 0 Å². The molecule has 0 aliphatic carbocycles. The summed E-state index contributed by atoms with van der Waals surface area (Å²) in [5.74, 6) is -0.0128. The smallest absolute Gasteiger partial charge is 0.224 e. The lowest BCUT2D eigenvalue weighted by Crippen LogP contribution is -2.13. The fraction of sp³-hybridized carbons (Fsp3) is 0.167. The van der Waals surface area contributed by atoms with Crippen LogP contribution in [-0.4, -0.2) is 15.3 Å². The van der Waals surface area contributed by atoms with Gasteiger partial charge in [-0.15, -0.1) is 0 Å². The van der Waals surface area contributed by atoms with Crippen molar-refractivity contribution in [2.45, 2.75) is 26.7 Å². The zero-order valence-corrected chi connectivity index (χ0v) is 17.2. The molecule has 2 aromatic carbocycles. The van der Waals surface area contributed by atoms with E-state index in [9.17, 15) is 4.79 Å². The maximum atomic E-state index is 12.6. The fourth-order valence-electron chi connectivity index (χ4n) is 3.40. The minimum atomic E-state index is -0.0128. The van der Waals surface area contributed by atoms with Crippen molar-refractivity contribution >= 4 is 28.8 Å². The molecule has 0 aliphatic rings. The van der Waals surface area contributed by atoms with Gasteiger partial charge in [0, 0.05) is 28.9 Å². The zero-order chi connectivity index (χ0) is 20.4. The third-order valence-corrected chi connectivity index (χ3v) is 5.38. The first-order valence-electron chi connectivity index (χ1n) is 9.60. The molecule has 0 unspecified atom stereocenters. The molecule has 5 heteroatoms. The SMILES string of the molecule is Cc1ccc(NC(=O)CCc2c(-c3ccc(Cl)cc3)nc3ccccn23)cc1C. The summed E-state index contributed by atoms with van der Waals surface area (Å²) < 4.78 is 2.05. The van der Waals surface area contributed by atoms with Crippen molar-refractivity contribution in [2.75, 3.05) is 5.32 Å². The minimum absolute atomic E-state index is 0.0128. The third kappa shape index (κ3) is 4.17. The van der Waals surface area contributed by atoms with Crippen LogP contribution in [0.1, 0.15) is 23.2 Å². The number of hydrogen-bond acceptors (Lipinski definition) is 2. The van der Waals surface area contributed by atoms with Gasteiger partial charge in [0.15, 0.2) is 0 Å². The molecule has 0 atom stereocenters. The number of rotatable bonds is 5. The van der Waals surface area contributed by atoms with Crippen LogP contribution >= 0.6 is 11.6 Å². The van der Waals surface area contributed by atoms with Crippen molar-refractivity contribution in [3.63, 3.8) is 0 Å². The van der Waals surface area contributed by atoms with Gasteiger partial charge >= 0.3 is 0 Å². The molecule has 2 heterocycles. The molecule has 0 radical (unpaired) electrons. The van der Waals surface area contributed by atoms with E-state index in [0.717, 1.165) is 33.8 Å². The van der Waals surface area contributed by atoms with Gasteiger partial charge in [-0.2, -0.15) is 0 Å². The normalized spacial score (nSPS) is 11.0. The van der Waals surface area contributed by atoms with E-state index >= 15 is 0 Å². The van der Waals surface area contributed by atoms with Gasteiger partial charge < -0.3 is 9.72 Å². The second-order valence-electron chi connectivity index (χ2n) is 7.19. The molecule has 0 fully saturated rings. The first-order valence-corrected chi connectivity index (χ1v) is 9.98. The van der Waals surface area contributed by atoms with Gasteiger partial charge in [-0.05, 0) is 67.8 Å². The number of pyridine rings is 1. The number of hydrogen-bond donors (Lipinski definition) is 1. The van der Waals surface area contributed by atoms with E-state index in [1.54, 1.807) is 0 Å². The van der Waals surface area contributed by atoms with Crippen LogP contribution in [-0.2, 0) is 11.2 Å². The summed E-state index contributed by atoms with van der Waals surface area (Å²) in [4.78, 5) is 17.4. The Morgan fingerprint density at radius 2 is 1.83 bits per heavy atom. The maximum absolute atomic E-state index is 12.6. The second kappa shape index (κ2) is 8.10. The topological polar surface area (TPSA) is 46.4 Å². The number of nitrogens with one attached hydrogen (secondary N) is 1. The van der Waals surface area contributed by atoms with Gasteiger partial charge in [0.2, 0.25) is 5.91 Å². The van der Waals surface area contributed by atoms with Crippen LogP contribution in [0, 0.1) is 13.8 Å². The molecular formula is C24H22ClN3O. The highest BCUT2D eigenvalue weighted by Crippen LogP contribution is 2.27. The van der Waals surface area contributed by atoms with Crippen LogP contribution in [0.15, 0.2) is 66.9 Å². The minimum Gasteiger partial charge on any atom is -0.326 e. The molecular weight excluding hydrogens is 382 g/mol. The van der Waals surface area contributed by atoms with Gasteiger partial charge in [0.25, 0.3) is 0 Å². The van der Waals surface area contributed by atoms with E-state index in [-0.39, 0.29) is 5.91 Å². The number of halogens is 1. The van der Waals surface area contributed by atoms with Crippen LogP contribution in [0.4, 0.5) is 5.69 Å². The number of aryl methyl sites for hydroxylation is 3. The summed E-state index contributed by atoms with van der Waals surface area (Å²) in [7, 11) is 0. The highest BCUT2D eigenvalue weighted by atomic mass is 35.5. The van der Waals surface area contributed by atoms with Gasteiger partial charge in [-0.25, -0.2) is 4.98 Å². The van der Waals surface area contributed by atoms with Crippen molar-refractivity contribution in [2.24, 2.45) is 0 Å². The van der Waals surface area contributed by atoms with Crippen LogP contribution in [0.2, 0.25) is 5.02 Å². The third-order valence-electron chi connectivity index (χ3n) is 5.13. The number of fused-ring (bicyclic) bond motifs is 1. The van der Waals surface area contributed by atoms with E-state index in [0.29, 0.717) is 17.9 Å². The Labute approximate surface area is 175 Å². The molecule has 2 aromatic heterocycles. The lowest BCUT2D eigenvalue weighted by molar-refractivity contribution is -0.116. The highest BCUT2D eigenvalue weighted by molar-refractivity contribution is 6.30. The van der Waals surface area contributed by atoms with E-state index < -0.39 is 0 Å². The van der Waals surface area contributed by atoms with E-state index in [2.05, 4.69) is 12.2 Å². The van der Waals surface area contributed by atoms with Crippen LogP contribution in [0.3, 0.4) is 0 Å². The van der Waals surface area contributed by atoms with E-state index in [1.165, 1.54) is 5.56 Å². The summed E-state index contributed by atoms with van der Waals surface area (Å²) in [6.45, 7) is 4.10. The molecule has 1 N–H and O–H groups in total. The van der Waals surface area contributed by atoms with Gasteiger partial charge in [-0.1, -0.05) is 35.9 Å². The summed E-state index contributed by atoms with van der Waals surface area (Å²) in [6.07, 6.45) is 2.94. The van der Waals surface area contributed by atoms with Gasteiger partial charge in [0.1, 0.15) is 5.65 Å². The Hall–Kier alpha value is -3.11. The molecule has 0 saturated carbocycles. The monoisotopic (exact) mass is 403 g/mol. The average molecular weight is 404 g/mol. The number of amides is 1. The largest absolute Gasteiger partial charge is 0.326 e. The molecule has 0 bridgehead atoms. The lowest BCUT2D eigenvalue weighted by Gasteiger charge is -2.09. The molecule has 146 valence electrons. The highest BCUT2D eigenvalue weighted by Gasteiger charge is 2.15. The predicted molar refractivity (Wildman–Crippen MR) is 119 cm³/mol. The van der Waals surface area contributed by atoms with Crippen molar-refractivity contribution in [3.05, 3.63) is 88.7 Å². The molecule has 0 saturated heterocycles. The quantitative estimate of drug-likeness (QED) is 0.454. The first-order chi connectivity index (χ1) is 14.0. The number of nitrogens with zero attached hydrogens (tertiary/aromatic N) is 2. The predicted octanol–water partition coefficient (Wildman–Crippen LogP) is 5.84. The zero-order valence-electron chi connectivity index (χ0n) is 16.4. The van der Waals surface area contributed by atoms with Crippen molar-refractivity contribution in [3.8, 4) is 11.3 Å². The Morgan fingerprint density at radius 1 is 1.03 bits per heavy atom. The Kier molecular flexibility index (Phi) is 5.36. The summed E-state index contributed by atoms with van der Waals surface area (Å²) in [6, 6.07) is 19.5.